The summed E-state index contributed by atoms with van der Waals surface area (Å²) in [5.74, 6) is 2.32. The van der Waals surface area contributed by atoms with Crippen LogP contribution in [0.5, 0.6) is 5.75 Å². The van der Waals surface area contributed by atoms with Crippen LogP contribution in [0.2, 0.25) is 0 Å². The van der Waals surface area contributed by atoms with Crippen LogP contribution in [0.4, 0.5) is 0 Å². The average molecular weight is 501 g/mol. The Kier molecular flexibility index (Phi) is 9.84. The van der Waals surface area contributed by atoms with Crippen molar-refractivity contribution in [3.63, 3.8) is 0 Å². The van der Waals surface area contributed by atoms with Gasteiger partial charge in [0.25, 0.3) is 0 Å². The van der Waals surface area contributed by atoms with Gasteiger partial charge >= 0.3 is 5.97 Å². The van der Waals surface area contributed by atoms with Crippen LogP contribution in [0.1, 0.15) is 33.0 Å². The Morgan fingerprint density at radius 1 is 1.18 bits per heavy atom. The van der Waals surface area contributed by atoms with E-state index < -0.39 is 5.97 Å². The van der Waals surface area contributed by atoms with Gasteiger partial charge < -0.3 is 24.5 Å². The lowest BCUT2D eigenvalue weighted by Crippen LogP contribution is -2.37. The minimum atomic E-state index is -0.404. The quantitative estimate of drug-likeness (QED) is 0.263. The van der Waals surface area contributed by atoms with Gasteiger partial charge in [0.15, 0.2) is 5.96 Å². The van der Waals surface area contributed by atoms with Gasteiger partial charge in [0.05, 0.1) is 20.8 Å². The number of furan rings is 1. The van der Waals surface area contributed by atoms with Gasteiger partial charge in [-0.05, 0) is 43.5 Å². The lowest BCUT2D eigenvalue weighted by atomic mass is 10.1. The maximum atomic E-state index is 11.6. The van der Waals surface area contributed by atoms with Crippen LogP contribution in [0.25, 0.3) is 0 Å². The van der Waals surface area contributed by atoms with Crippen molar-refractivity contribution in [2.24, 2.45) is 4.99 Å². The summed E-state index contributed by atoms with van der Waals surface area (Å²) in [5.41, 5.74) is 2.74. The van der Waals surface area contributed by atoms with Crippen LogP contribution in [0, 0.1) is 13.8 Å². The first kappa shape index (κ1) is 23.8. The molecule has 1 aromatic heterocycles. The molecule has 0 fully saturated rings. The summed E-state index contributed by atoms with van der Waals surface area (Å²) in [6.45, 7) is 4.89. The highest BCUT2D eigenvalue weighted by atomic mass is 127. The van der Waals surface area contributed by atoms with Crippen molar-refractivity contribution in [3.8, 4) is 5.75 Å². The fraction of sp³-hybridized carbons (Fsp3) is 0.400. The van der Waals surface area contributed by atoms with Crippen molar-refractivity contribution in [1.82, 2.24) is 10.6 Å². The lowest BCUT2D eigenvalue weighted by Gasteiger charge is -2.12. The van der Waals surface area contributed by atoms with Gasteiger partial charge in [0.2, 0.25) is 0 Å². The second-order valence-electron chi connectivity index (χ2n) is 6.08. The number of halogens is 1. The van der Waals surface area contributed by atoms with Crippen molar-refractivity contribution in [2.75, 3.05) is 27.8 Å². The Balaban J connectivity index is 0.00000392. The van der Waals surface area contributed by atoms with Crippen LogP contribution >= 0.6 is 24.0 Å². The maximum absolute atomic E-state index is 11.6. The zero-order valence-corrected chi connectivity index (χ0v) is 19.2. The number of guanidine groups is 1. The highest BCUT2D eigenvalue weighted by molar-refractivity contribution is 14.0. The van der Waals surface area contributed by atoms with E-state index in [1.165, 1.54) is 12.7 Å². The molecule has 0 aliphatic heterocycles. The highest BCUT2D eigenvalue weighted by Gasteiger charge is 2.15. The van der Waals surface area contributed by atoms with Crippen LogP contribution in [-0.4, -0.2) is 39.7 Å². The zero-order valence-electron chi connectivity index (χ0n) is 16.9. The third-order valence-electron chi connectivity index (χ3n) is 4.21. The molecule has 0 aliphatic carbocycles. The van der Waals surface area contributed by atoms with Crippen LogP contribution < -0.4 is 15.4 Å². The molecule has 0 spiro atoms. The zero-order chi connectivity index (χ0) is 19.8. The predicted octanol–water partition coefficient (Wildman–Crippen LogP) is 3.22. The molecule has 0 aliphatic rings. The number of carbonyl (C=O) groups is 1. The summed E-state index contributed by atoms with van der Waals surface area (Å²) in [6.07, 6.45) is 0.837. The molecular weight excluding hydrogens is 473 g/mol. The normalized spacial score (nSPS) is 10.8. The van der Waals surface area contributed by atoms with E-state index in [-0.39, 0.29) is 24.0 Å². The van der Waals surface area contributed by atoms with E-state index in [0.29, 0.717) is 29.6 Å². The molecule has 1 aromatic carbocycles. The number of esters is 1. The van der Waals surface area contributed by atoms with E-state index in [2.05, 4.69) is 27.8 Å². The fourth-order valence-electron chi connectivity index (χ4n) is 2.68. The van der Waals surface area contributed by atoms with Crippen molar-refractivity contribution in [2.45, 2.75) is 26.8 Å². The summed E-state index contributed by atoms with van der Waals surface area (Å²) in [6, 6.07) is 7.88. The molecular formula is C20H28IN3O4. The monoisotopic (exact) mass is 501 g/mol. The Labute approximate surface area is 182 Å². The summed E-state index contributed by atoms with van der Waals surface area (Å²) in [4.78, 5) is 15.8. The molecule has 0 saturated heterocycles. The molecule has 8 heteroatoms. The van der Waals surface area contributed by atoms with E-state index in [1.54, 1.807) is 27.1 Å². The topological polar surface area (TPSA) is 85.1 Å². The van der Waals surface area contributed by atoms with Crippen LogP contribution in [0.3, 0.4) is 0 Å². The lowest BCUT2D eigenvalue weighted by molar-refractivity contribution is 0.0599. The number of benzene rings is 1. The van der Waals surface area contributed by atoms with Crippen molar-refractivity contribution >= 4 is 35.9 Å². The van der Waals surface area contributed by atoms with Gasteiger partial charge in [-0.1, -0.05) is 12.1 Å². The standard InChI is InChI=1S/C20H27N3O4.HI/c1-13-6-7-15(10-18(13)25-4)8-9-22-20(21-3)23-12-16-11-17(14(2)27-16)19(24)26-5;/h6-7,10-11H,8-9,12H2,1-5H3,(H2,21,22,23);1H. The third kappa shape index (κ3) is 6.43. The van der Waals surface area contributed by atoms with E-state index in [1.807, 2.05) is 13.0 Å². The Bertz CT molecular complexity index is 818. The minimum Gasteiger partial charge on any atom is -0.496 e. The summed E-state index contributed by atoms with van der Waals surface area (Å²) >= 11 is 0. The average Bonchev–Trinajstić information content (AvgIpc) is 3.05. The first-order chi connectivity index (χ1) is 13.0. The fourth-order valence-corrected chi connectivity index (χ4v) is 2.68. The molecule has 2 aromatic rings. The molecule has 2 N–H and O–H groups in total. The van der Waals surface area contributed by atoms with Gasteiger partial charge in [-0.2, -0.15) is 0 Å². The number of ether oxygens (including phenoxy) is 2. The molecule has 0 unspecified atom stereocenters. The maximum Gasteiger partial charge on any atom is 0.341 e. The van der Waals surface area contributed by atoms with Crippen LogP contribution in [-0.2, 0) is 17.7 Å². The molecule has 2 rings (SSSR count). The predicted molar refractivity (Wildman–Crippen MR) is 120 cm³/mol. The molecule has 28 heavy (non-hydrogen) atoms. The van der Waals surface area contributed by atoms with E-state index in [4.69, 9.17) is 13.9 Å². The molecule has 1 heterocycles. The number of aliphatic imine (C=N–C) groups is 1. The Morgan fingerprint density at radius 2 is 1.93 bits per heavy atom. The number of aryl methyl sites for hydroxylation is 2. The SMILES string of the molecule is CN=C(NCCc1ccc(C)c(OC)c1)NCc1cc(C(=O)OC)c(C)o1.I. The van der Waals surface area contributed by atoms with Crippen molar-refractivity contribution in [1.29, 1.82) is 0 Å². The molecule has 0 amide bonds. The summed E-state index contributed by atoms with van der Waals surface area (Å²) in [5, 5.41) is 6.43. The van der Waals surface area contributed by atoms with E-state index in [9.17, 15) is 4.79 Å². The first-order valence-corrected chi connectivity index (χ1v) is 8.74. The largest absolute Gasteiger partial charge is 0.496 e. The number of hydrogen-bond acceptors (Lipinski definition) is 5. The van der Waals surface area contributed by atoms with Crippen LogP contribution in [0.15, 0.2) is 33.7 Å². The smallest absolute Gasteiger partial charge is 0.341 e. The number of methoxy groups -OCH3 is 2. The van der Waals surface area contributed by atoms with Crippen molar-refractivity contribution < 1.29 is 18.7 Å². The molecule has 0 atom stereocenters. The highest BCUT2D eigenvalue weighted by Crippen LogP contribution is 2.19. The number of hydrogen-bond donors (Lipinski definition) is 2. The third-order valence-corrected chi connectivity index (χ3v) is 4.21. The van der Waals surface area contributed by atoms with Gasteiger partial charge in [-0.15, -0.1) is 24.0 Å². The van der Waals surface area contributed by atoms with Crippen molar-refractivity contribution in [3.05, 3.63) is 52.5 Å². The Hall–Kier alpha value is -2.23. The summed E-state index contributed by atoms with van der Waals surface area (Å²) < 4.78 is 15.7. The molecule has 0 bridgehead atoms. The number of carbonyl (C=O) groups excluding carboxylic acids is 1. The van der Waals surface area contributed by atoms with E-state index >= 15 is 0 Å². The minimum absolute atomic E-state index is 0. The van der Waals surface area contributed by atoms with Gasteiger partial charge in [0, 0.05) is 13.6 Å². The molecule has 0 radical (unpaired) electrons. The number of nitrogens with zero attached hydrogens (tertiary/aromatic N) is 1. The molecule has 7 nitrogen and oxygen atoms in total. The second kappa shape index (κ2) is 11.6. The van der Waals surface area contributed by atoms with Gasteiger partial charge in [-0.3, -0.25) is 4.99 Å². The van der Waals surface area contributed by atoms with Gasteiger partial charge in [0.1, 0.15) is 22.8 Å². The molecule has 154 valence electrons. The first-order valence-electron chi connectivity index (χ1n) is 8.74. The second-order valence-corrected chi connectivity index (χ2v) is 6.08. The van der Waals surface area contributed by atoms with Gasteiger partial charge in [-0.25, -0.2) is 4.79 Å². The number of rotatable bonds is 7. The van der Waals surface area contributed by atoms with E-state index in [0.717, 1.165) is 24.3 Å². The Morgan fingerprint density at radius 3 is 2.57 bits per heavy atom. The summed E-state index contributed by atoms with van der Waals surface area (Å²) in [7, 11) is 4.73. The molecule has 0 saturated carbocycles. The number of nitrogens with one attached hydrogen (secondary N) is 2.